The monoisotopic (exact) mass is 388 g/mol. The SMILES string of the molecule is O=C(N[C@@H]1CCN(CC2CC2)C[C@H]1C(=O)O)c1cc(-c2ccc(F)cn2)on1. The number of aliphatic carboxylic acids is 1. The largest absolute Gasteiger partial charge is 0.481 e. The number of likely N-dealkylation sites (tertiary alicyclic amines) is 1. The number of halogens is 1. The fourth-order valence-electron chi connectivity index (χ4n) is 3.54. The van der Waals surface area contributed by atoms with Crippen LogP contribution in [-0.4, -0.2) is 57.7 Å². The van der Waals surface area contributed by atoms with Gasteiger partial charge in [0.05, 0.1) is 12.1 Å². The predicted molar refractivity (Wildman–Crippen MR) is 95.9 cm³/mol. The Labute approximate surface area is 160 Å². The number of amides is 1. The normalized spacial score (nSPS) is 22.8. The summed E-state index contributed by atoms with van der Waals surface area (Å²) in [7, 11) is 0. The summed E-state index contributed by atoms with van der Waals surface area (Å²) in [6.45, 7) is 2.12. The maximum Gasteiger partial charge on any atom is 0.309 e. The average Bonchev–Trinajstić information content (AvgIpc) is 3.35. The highest BCUT2D eigenvalue weighted by Gasteiger charge is 2.37. The van der Waals surface area contributed by atoms with E-state index in [4.69, 9.17) is 4.52 Å². The van der Waals surface area contributed by atoms with Crippen molar-refractivity contribution in [1.29, 1.82) is 0 Å². The molecule has 148 valence electrons. The molecule has 3 heterocycles. The van der Waals surface area contributed by atoms with E-state index in [1.54, 1.807) is 0 Å². The number of rotatable bonds is 6. The van der Waals surface area contributed by atoms with Gasteiger partial charge in [0.1, 0.15) is 11.5 Å². The van der Waals surface area contributed by atoms with E-state index in [9.17, 15) is 19.1 Å². The van der Waals surface area contributed by atoms with Gasteiger partial charge in [-0.1, -0.05) is 5.16 Å². The molecule has 9 heteroatoms. The third-order valence-electron chi connectivity index (χ3n) is 5.27. The molecule has 1 saturated carbocycles. The van der Waals surface area contributed by atoms with Crippen molar-refractivity contribution >= 4 is 11.9 Å². The van der Waals surface area contributed by atoms with E-state index >= 15 is 0 Å². The summed E-state index contributed by atoms with van der Waals surface area (Å²) in [5.74, 6) is -1.63. The van der Waals surface area contributed by atoms with E-state index in [1.165, 1.54) is 31.0 Å². The van der Waals surface area contributed by atoms with Crippen LogP contribution in [0.3, 0.4) is 0 Å². The summed E-state index contributed by atoms with van der Waals surface area (Å²) in [4.78, 5) is 30.3. The smallest absolute Gasteiger partial charge is 0.309 e. The standard InChI is InChI=1S/C19H21FN4O4/c20-12-3-4-15(21-8-12)17-7-16(23-28-17)18(25)22-14-5-6-24(9-11-1-2-11)10-13(14)19(26)27/h3-4,7-8,11,13-14H,1-2,5-6,9-10H2,(H,22,25)(H,26,27)/t13-,14-/m1/s1. The number of pyridine rings is 1. The van der Waals surface area contributed by atoms with Crippen LogP contribution in [0, 0.1) is 17.7 Å². The number of carboxylic acids is 1. The van der Waals surface area contributed by atoms with Crippen molar-refractivity contribution in [3.05, 3.63) is 35.9 Å². The second kappa shape index (κ2) is 7.67. The molecule has 2 aromatic rings. The van der Waals surface area contributed by atoms with Crippen molar-refractivity contribution in [1.82, 2.24) is 20.4 Å². The number of aromatic nitrogens is 2. The van der Waals surface area contributed by atoms with Gasteiger partial charge in [0.2, 0.25) is 0 Å². The number of nitrogens with one attached hydrogen (secondary N) is 1. The Morgan fingerprint density at radius 2 is 2.14 bits per heavy atom. The molecular weight excluding hydrogens is 367 g/mol. The maximum atomic E-state index is 13.0. The summed E-state index contributed by atoms with van der Waals surface area (Å²) in [6.07, 6.45) is 4.04. The molecule has 0 spiro atoms. The average molecular weight is 388 g/mol. The molecule has 1 aliphatic carbocycles. The molecule has 0 bridgehead atoms. The number of piperidine rings is 1. The quantitative estimate of drug-likeness (QED) is 0.777. The predicted octanol–water partition coefficient (Wildman–Crippen LogP) is 1.79. The fourth-order valence-corrected chi connectivity index (χ4v) is 3.54. The van der Waals surface area contributed by atoms with E-state index in [2.05, 4.69) is 20.4 Å². The second-order valence-electron chi connectivity index (χ2n) is 7.45. The van der Waals surface area contributed by atoms with Gasteiger partial charge in [0.25, 0.3) is 5.91 Å². The first kappa shape index (κ1) is 18.5. The van der Waals surface area contributed by atoms with E-state index in [-0.39, 0.29) is 11.5 Å². The zero-order chi connectivity index (χ0) is 19.7. The Morgan fingerprint density at radius 3 is 2.82 bits per heavy atom. The molecule has 0 unspecified atom stereocenters. The van der Waals surface area contributed by atoms with E-state index < -0.39 is 29.7 Å². The molecule has 2 N–H and O–H groups in total. The summed E-state index contributed by atoms with van der Waals surface area (Å²) in [5.41, 5.74) is 0.385. The lowest BCUT2D eigenvalue weighted by atomic mass is 9.91. The number of carboxylic acid groups (broad SMARTS) is 1. The van der Waals surface area contributed by atoms with E-state index in [0.717, 1.165) is 19.3 Å². The number of nitrogens with zero attached hydrogens (tertiary/aromatic N) is 3. The number of carbonyl (C=O) groups is 2. The lowest BCUT2D eigenvalue weighted by Gasteiger charge is -2.36. The van der Waals surface area contributed by atoms with Crippen LogP contribution in [0.5, 0.6) is 0 Å². The Kier molecular flexibility index (Phi) is 5.08. The van der Waals surface area contributed by atoms with E-state index in [1.807, 2.05) is 0 Å². The Morgan fingerprint density at radius 1 is 1.32 bits per heavy atom. The summed E-state index contributed by atoms with van der Waals surface area (Å²) in [5, 5.41) is 16.1. The van der Waals surface area contributed by atoms with Crippen LogP contribution in [-0.2, 0) is 4.79 Å². The molecule has 1 aliphatic heterocycles. The fraction of sp³-hybridized carbons (Fsp3) is 0.474. The van der Waals surface area contributed by atoms with Crippen LogP contribution >= 0.6 is 0 Å². The zero-order valence-corrected chi connectivity index (χ0v) is 15.2. The molecule has 1 amide bonds. The molecular formula is C19H21FN4O4. The first-order valence-electron chi connectivity index (χ1n) is 9.34. The third-order valence-corrected chi connectivity index (χ3v) is 5.27. The van der Waals surface area contributed by atoms with Gasteiger partial charge in [-0.25, -0.2) is 9.37 Å². The molecule has 2 aromatic heterocycles. The van der Waals surface area contributed by atoms with Crippen LogP contribution in [0.4, 0.5) is 4.39 Å². The lowest BCUT2D eigenvalue weighted by molar-refractivity contribution is -0.144. The van der Waals surface area contributed by atoms with Crippen LogP contribution in [0.25, 0.3) is 11.5 Å². The van der Waals surface area contributed by atoms with Crippen LogP contribution in [0.1, 0.15) is 29.8 Å². The molecule has 4 rings (SSSR count). The van der Waals surface area contributed by atoms with Crippen molar-refractivity contribution in [2.75, 3.05) is 19.6 Å². The molecule has 0 radical (unpaired) electrons. The third kappa shape index (κ3) is 4.19. The molecule has 2 aliphatic rings. The number of hydrogen-bond donors (Lipinski definition) is 2. The summed E-state index contributed by atoms with van der Waals surface area (Å²) < 4.78 is 18.1. The minimum Gasteiger partial charge on any atom is -0.481 e. The Hall–Kier alpha value is -2.81. The van der Waals surface area contributed by atoms with Gasteiger partial charge < -0.3 is 19.8 Å². The summed E-state index contributed by atoms with van der Waals surface area (Å²) >= 11 is 0. The van der Waals surface area contributed by atoms with Gasteiger partial charge in [0, 0.05) is 31.7 Å². The van der Waals surface area contributed by atoms with Gasteiger partial charge in [-0.2, -0.15) is 0 Å². The van der Waals surface area contributed by atoms with E-state index in [0.29, 0.717) is 24.6 Å². The highest BCUT2D eigenvalue weighted by Crippen LogP contribution is 2.31. The first-order chi connectivity index (χ1) is 13.5. The van der Waals surface area contributed by atoms with Gasteiger partial charge in [-0.15, -0.1) is 0 Å². The topological polar surface area (TPSA) is 109 Å². The number of carbonyl (C=O) groups excluding carboxylic acids is 1. The second-order valence-corrected chi connectivity index (χ2v) is 7.45. The van der Waals surface area contributed by atoms with Crippen molar-refractivity contribution < 1.29 is 23.6 Å². The highest BCUT2D eigenvalue weighted by molar-refractivity contribution is 5.93. The van der Waals surface area contributed by atoms with Gasteiger partial charge >= 0.3 is 5.97 Å². The van der Waals surface area contributed by atoms with Crippen LogP contribution in [0.15, 0.2) is 28.9 Å². The molecule has 1 saturated heterocycles. The minimum atomic E-state index is -0.915. The minimum absolute atomic E-state index is 0.0330. The molecule has 2 fully saturated rings. The van der Waals surface area contributed by atoms with Crippen LogP contribution < -0.4 is 5.32 Å². The first-order valence-corrected chi connectivity index (χ1v) is 9.34. The van der Waals surface area contributed by atoms with Crippen molar-refractivity contribution in [2.24, 2.45) is 11.8 Å². The Bertz CT molecular complexity index is 865. The van der Waals surface area contributed by atoms with Gasteiger partial charge in [0.15, 0.2) is 11.5 Å². The van der Waals surface area contributed by atoms with Crippen molar-refractivity contribution in [3.63, 3.8) is 0 Å². The van der Waals surface area contributed by atoms with Crippen molar-refractivity contribution in [3.8, 4) is 11.5 Å². The van der Waals surface area contributed by atoms with Crippen LogP contribution in [0.2, 0.25) is 0 Å². The molecule has 28 heavy (non-hydrogen) atoms. The molecule has 0 aromatic carbocycles. The molecule has 8 nitrogen and oxygen atoms in total. The zero-order valence-electron chi connectivity index (χ0n) is 15.2. The van der Waals surface area contributed by atoms with Crippen molar-refractivity contribution in [2.45, 2.75) is 25.3 Å². The summed E-state index contributed by atoms with van der Waals surface area (Å²) in [6, 6.07) is 3.60. The van der Waals surface area contributed by atoms with Gasteiger partial charge in [-0.05, 0) is 37.3 Å². The molecule has 2 atom stereocenters. The number of hydrogen-bond acceptors (Lipinski definition) is 6. The van der Waals surface area contributed by atoms with Gasteiger partial charge in [-0.3, -0.25) is 9.59 Å². The highest BCUT2D eigenvalue weighted by atomic mass is 19.1. The maximum absolute atomic E-state index is 13.0. The Balaban J connectivity index is 1.41. The lowest BCUT2D eigenvalue weighted by Crippen LogP contribution is -2.53.